The monoisotopic (exact) mass is 423 g/mol. The summed E-state index contributed by atoms with van der Waals surface area (Å²) in [4.78, 5) is 31.3. The number of nitrogens with one attached hydrogen (secondary N) is 1. The van der Waals surface area contributed by atoms with E-state index in [1.54, 1.807) is 23.2 Å². The summed E-state index contributed by atoms with van der Waals surface area (Å²) in [5, 5.41) is 2.94. The Kier molecular flexibility index (Phi) is 5.25. The highest BCUT2D eigenvalue weighted by Gasteiger charge is 2.22. The van der Waals surface area contributed by atoms with Gasteiger partial charge in [-0.2, -0.15) is 0 Å². The summed E-state index contributed by atoms with van der Waals surface area (Å²) in [5.74, 6) is 0.853. The fourth-order valence-electron chi connectivity index (χ4n) is 3.87. The van der Waals surface area contributed by atoms with Gasteiger partial charge in [0.05, 0.1) is 11.8 Å². The van der Waals surface area contributed by atoms with Crippen molar-refractivity contribution in [1.29, 1.82) is 0 Å². The first-order chi connectivity index (χ1) is 15.7. The van der Waals surface area contributed by atoms with Gasteiger partial charge in [-0.1, -0.05) is 48.5 Å². The molecule has 3 aromatic carbocycles. The normalized spacial score (nSPS) is 13.4. The molecule has 4 aromatic rings. The van der Waals surface area contributed by atoms with Crippen molar-refractivity contribution in [1.82, 2.24) is 4.98 Å². The van der Waals surface area contributed by atoms with Crippen LogP contribution < -0.4 is 10.2 Å². The van der Waals surface area contributed by atoms with Gasteiger partial charge in [0.15, 0.2) is 5.76 Å². The van der Waals surface area contributed by atoms with E-state index < -0.39 is 0 Å². The number of amides is 2. The van der Waals surface area contributed by atoms with Gasteiger partial charge in [0.2, 0.25) is 11.8 Å². The Morgan fingerprint density at radius 2 is 1.78 bits per heavy atom. The molecule has 0 radical (unpaired) electrons. The third-order valence-electron chi connectivity index (χ3n) is 5.46. The van der Waals surface area contributed by atoms with Crippen LogP contribution in [0, 0.1) is 0 Å². The van der Waals surface area contributed by atoms with Crippen LogP contribution in [0.3, 0.4) is 0 Å². The number of carbonyl (C=O) groups is 2. The Bertz CT molecular complexity index is 1280. The number of oxazole rings is 1. The lowest BCUT2D eigenvalue weighted by Gasteiger charge is -2.17. The van der Waals surface area contributed by atoms with Crippen LogP contribution in [0.2, 0.25) is 0 Å². The quantitative estimate of drug-likeness (QED) is 0.467. The molecule has 0 saturated carbocycles. The standard InChI is InChI=1S/C26H21N3O3/c30-24-14-7-15-29(24)20-11-6-10-19(16-20)28-25(31)21-12-4-5-13-22(21)26-27-17-23(32-26)18-8-2-1-3-9-18/h1-6,8-13,16-17H,7,14-15H2,(H,28,31). The molecule has 6 nitrogen and oxygen atoms in total. The predicted octanol–water partition coefficient (Wildman–Crippen LogP) is 5.39. The number of aromatic nitrogens is 1. The Morgan fingerprint density at radius 1 is 0.969 bits per heavy atom. The van der Waals surface area contributed by atoms with Crippen molar-refractivity contribution in [2.45, 2.75) is 12.8 Å². The number of nitrogens with zero attached hydrogens (tertiary/aromatic N) is 2. The van der Waals surface area contributed by atoms with Crippen LogP contribution in [0.5, 0.6) is 0 Å². The second-order valence-corrected chi connectivity index (χ2v) is 7.59. The molecule has 0 atom stereocenters. The minimum atomic E-state index is -0.273. The summed E-state index contributed by atoms with van der Waals surface area (Å²) >= 11 is 0. The maximum Gasteiger partial charge on any atom is 0.256 e. The summed E-state index contributed by atoms with van der Waals surface area (Å²) in [6.07, 6.45) is 3.07. The first-order valence-electron chi connectivity index (χ1n) is 10.5. The SMILES string of the molecule is O=C(Nc1cccc(N2CCCC2=O)c1)c1ccccc1-c1ncc(-c2ccccc2)o1. The molecule has 0 aliphatic carbocycles. The van der Waals surface area contributed by atoms with Crippen LogP contribution in [0.4, 0.5) is 11.4 Å². The summed E-state index contributed by atoms with van der Waals surface area (Å²) < 4.78 is 5.96. The zero-order valence-corrected chi connectivity index (χ0v) is 17.3. The predicted molar refractivity (Wildman–Crippen MR) is 123 cm³/mol. The number of rotatable bonds is 5. The molecule has 6 heteroatoms. The van der Waals surface area contributed by atoms with Gasteiger partial charge in [0.1, 0.15) is 0 Å². The first-order valence-corrected chi connectivity index (χ1v) is 10.5. The molecular formula is C26H21N3O3. The van der Waals surface area contributed by atoms with Gasteiger partial charge in [-0.05, 0) is 36.8 Å². The Labute approximate surface area is 185 Å². The third-order valence-corrected chi connectivity index (χ3v) is 5.46. The molecule has 2 amide bonds. The van der Waals surface area contributed by atoms with Crippen molar-refractivity contribution in [2.75, 3.05) is 16.8 Å². The topological polar surface area (TPSA) is 75.4 Å². The summed E-state index contributed by atoms with van der Waals surface area (Å²) in [7, 11) is 0. The van der Waals surface area contributed by atoms with Crippen molar-refractivity contribution in [3.05, 3.63) is 90.6 Å². The van der Waals surface area contributed by atoms with E-state index in [0.29, 0.717) is 41.4 Å². The van der Waals surface area contributed by atoms with Gasteiger partial charge in [0.25, 0.3) is 5.91 Å². The number of carbonyl (C=O) groups excluding carboxylic acids is 2. The van der Waals surface area contributed by atoms with E-state index in [1.165, 1.54) is 0 Å². The van der Waals surface area contributed by atoms with Gasteiger partial charge in [-0.15, -0.1) is 0 Å². The van der Waals surface area contributed by atoms with E-state index in [4.69, 9.17) is 4.42 Å². The zero-order chi connectivity index (χ0) is 21.9. The van der Waals surface area contributed by atoms with Gasteiger partial charge in [-0.3, -0.25) is 9.59 Å². The number of hydrogen-bond acceptors (Lipinski definition) is 4. The van der Waals surface area contributed by atoms with Crippen molar-refractivity contribution in [2.24, 2.45) is 0 Å². The van der Waals surface area contributed by atoms with Crippen LogP contribution in [0.15, 0.2) is 89.5 Å². The van der Waals surface area contributed by atoms with Crippen molar-refractivity contribution in [3.8, 4) is 22.8 Å². The molecule has 0 unspecified atom stereocenters. The van der Waals surface area contributed by atoms with Gasteiger partial charge >= 0.3 is 0 Å². The molecule has 158 valence electrons. The number of anilines is 2. The molecule has 32 heavy (non-hydrogen) atoms. The van der Waals surface area contributed by atoms with E-state index >= 15 is 0 Å². The molecular weight excluding hydrogens is 402 g/mol. The fourth-order valence-corrected chi connectivity index (χ4v) is 3.87. The molecule has 1 aromatic heterocycles. The van der Waals surface area contributed by atoms with Gasteiger partial charge < -0.3 is 14.6 Å². The third kappa shape index (κ3) is 3.90. The van der Waals surface area contributed by atoms with Crippen LogP contribution in [-0.2, 0) is 4.79 Å². The average Bonchev–Trinajstić information content (AvgIpc) is 3.49. The Morgan fingerprint density at radius 3 is 2.59 bits per heavy atom. The van der Waals surface area contributed by atoms with Crippen LogP contribution >= 0.6 is 0 Å². The maximum absolute atomic E-state index is 13.1. The van der Waals surface area contributed by atoms with Crippen molar-refractivity contribution in [3.63, 3.8) is 0 Å². The largest absolute Gasteiger partial charge is 0.436 e. The van der Waals surface area contributed by atoms with E-state index in [2.05, 4.69) is 10.3 Å². The first kappa shape index (κ1) is 19.8. The molecule has 0 spiro atoms. The maximum atomic E-state index is 13.1. The van der Waals surface area contributed by atoms with E-state index in [-0.39, 0.29) is 11.8 Å². The fraction of sp³-hybridized carbons (Fsp3) is 0.115. The van der Waals surface area contributed by atoms with Crippen molar-refractivity contribution < 1.29 is 14.0 Å². The lowest BCUT2D eigenvalue weighted by Crippen LogP contribution is -2.23. The minimum absolute atomic E-state index is 0.108. The molecule has 2 heterocycles. The molecule has 1 aliphatic heterocycles. The van der Waals surface area contributed by atoms with E-state index in [9.17, 15) is 9.59 Å². The Balaban J connectivity index is 1.40. The highest BCUT2D eigenvalue weighted by Crippen LogP contribution is 2.29. The highest BCUT2D eigenvalue weighted by atomic mass is 16.4. The molecule has 1 N–H and O–H groups in total. The molecule has 1 saturated heterocycles. The summed E-state index contributed by atoms with van der Waals surface area (Å²) in [5.41, 5.74) is 3.40. The molecule has 1 aliphatic rings. The smallest absolute Gasteiger partial charge is 0.256 e. The van der Waals surface area contributed by atoms with Crippen molar-refractivity contribution >= 4 is 23.2 Å². The molecule has 5 rings (SSSR count). The Hall–Kier alpha value is -4.19. The second-order valence-electron chi connectivity index (χ2n) is 7.59. The van der Waals surface area contributed by atoms with Gasteiger partial charge in [-0.25, -0.2) is 4.98 Å². The summed E-state index contributed by atoms with van der Waals surface area (Å²) in [6, 6.07) is 24.2. The highest BCUT2D eigenvalue weighted by molar-refractivity contribution is 6.08. The average molecular weight is 423 g/mol. The van der Waals surface area contributed by atoms with Crippen LogP contribution in [-0.4, -0.2) is 23.3 Å². The molecule has 1 fully saturated rings. The van der Waals surface area contributed by atoms with Crippen LogP contribution in [0.1, 0.15) is 23.2 Å². The van der Waals surface area contributed by atoms with E-state index in [1.807, 2.05) is 66.7 Å². The summed E-state index contributed by atoms with van der Waals surface area (Å²) in [6.45, 7) is 0.701. The number of hydrogen-bond donors (Lipinski definition) is 1. The van der Waals surface area contributed by atoms with Crippen LogP contribution in [0.25, 0.3) is 22.8 Å². The minimum Gasteiger partial charge on any atom is -0.436 e. The zero-order valence-electron chi connectivity index (χ0n) is 17.3. The second kappa shape index (κ2) is 8.51. The lowest BCUT2D eigenvalue weighted by atomic mass is 10.1. The van der Waals surface area contributed by atoms with E-state index in [0.717, 1.165) is 17.7 Å². The lowest BCUT2D eigenvalue weighted by molar-refractivity contribution is -0.117. The molecule has 0 bridgehead atoms. The number of benzene rings is 3. The van der Waals surface area contributed by atoms with Gasteiger partial charge in [0, 0.05) is 35.5 Å².